The molecule has 1 aromatic heterocycles. The second kappa shape index (κ2) is 6.43. The second-order valence-corrected chi connectivity index (χ2v) is 7.91. The molecule has 1 aromatic rings. The maximum absolute atomic E-state index is 11.7. The van der Waals surface area contributed by atoms with Crippen LogP contribution in [-0.4, -0.2) is 41.8 Å². The minimum absolute atomic E-state index is 0.00297. The van der Waals surface area contributed by atoms with E-state index in [0.717, 1.165) is 30.5 Å². The first kappa shape index (κ1) is 16.4. The number of nitrogens with zero attached hydrogens (tertiary/aromatic N) is 3. The summed E-state index contributed by atoms with van der Waals surface area (Å²) in [5.41, 5.74) is 4.89. The van der Waals surface area contributed by atoms with Gasteiger partial charge in [0.15, 0.2) is 0 Å². The fourth-order valence-electron chi connectivity index (χ4n) is 3.10. The molecule has 0 radical (unpaired) electrons. The number of hydrazine groups is 1. The summed E-state index contributed by atoms with van der Waals surface area (Å²) in [5.74, 6) is 6.02. The van der Waals surface area contributed by atoms with Crippen molar-refractivity contribution >= 4 is 10.0 Å². The van der Waals surface area contributed by atoms with E-state index in [1.54, 1.807) is 8.99 Å². The SMILES string of the molecule is Cc1nn(C)cc1C(CC1CCCN(S(C)(=O)=O)C1)NN. The lowest BCUT2D eigenvalue weighted by molar-refractivity contribution is 0.238. The lowest BCUT2D eigenvalue weighted by atomic mass is 9.90. The third-order valence-corrected chi connectivity index (χ3v) is 5.42. The molecule has 2 unspecified atom stereocenters. The summed E-state index contributed by atoms with van der Waals surface area (Å²) >= 11 is 0. The van der Waals surface area contributed by atoms with E-state index >= 15 is 0 Å². The molecule has 0 aliphatic carbocycles. The van der Waals surface area contributed by atoms with Gasteiger partial charge in [-0.2, -0.15) is 5.10 Å². The Bertz CT molecular complexity index is 583. The van der Waals surface area contributed by atoms with Gasteiger partial charge in [0.05, 0.1) is 11.9 Å². The van der Waals surface area contributed by atoms with Gasteiger partial charge >= 0.3 is 0 Å². The van der Waals surface area contributed by atoms with E-state index in [-0.39, 0.29) is 6.04 Å². The number of hydrogen-bond donors (Lipinski definition) is 2. The van der Waals surface area contributed by atoms with E-state index < -0.39 is 10.0 Å². The van der Waals surface area contributed by atoms with Crippen molar-refractivity contribution in [3.05, 3.63) is 17.5 Å². The Morgan fingerprint density at radius 2 is 2.29 bits per heavy atom. The molecule has 1 aliphatic rings. The number of aromatic nitrogens is 2. The standard InChI is InChI=1S/C13H25N5O2S/c1-10-12(9-17(2)16-10)13(15-14)7-11-5-4-6-18(8-11)21(3,19)20/h9,11,13,15H,4-8,14H2,1-3H3. The van der Waals surface area contributed by atoms with Gasteiger partial charge in [-0.3, -0.25) is 16.0 Å². The number of rotatable bonds is 5. The Morgan fingerprint density at radius 3 is 2.81 bits per heavy atom. The highest BCUT2D eigenvalue weighted by Gasteiger charge is 2.28. The van der Waals surface area contributed by atoms with Gasteiger partial charge in [-0.1, -0.05) is 0 Å². The van der Waals surface area contributed by atoms with Crippen LogP contribution in [0, 0.1) is 12.8 Å². The maximum Gasteiger partial charge on any atom is 0.211 e. The normalized spacial score (nSPS) is 22.4. The summed E-state index contributed by atoms with van der Waals surface area (Å²) in [7, 11) is -1.22. The van der Waals surface area contributed by atoms with Crippen LogP contribution in [0.15, 0.2) is 6.20 Å². The molecule has 1 fully saturated rings. The van der Waals surface area contributed by atoms with Crippen molar-refractivity contribution in [2.45, 2.75) is 32.2 Å². The molecule has 7 nitrogen and oxygen atoms in total. The van der Waals surface area contributed by atoms with Gasteiger partial charge in [0.2, 0.25) is 10.0 Å². The Hall–Kier alpha value is -0.960. The maximum atomic E-state index is 11.7. The number of sulfonamides is 1. The van der Waals surface area contributed by atoms with Gasteiger partial charge in [0.25, 0.3) is 0 Å². The quantitative estimate of drug-likeness (QED) is 0.602. The zero-order chi connectivity index (χ0) is 15.6. The van der Waals surface area contributed by atoms with Crippen LogP contribution in [0.1, 0.15) is 36.6 Å². The van der Waals surface area contributed by atoms with Crippen molar-refractivity contribution in [1.82, 2.24) is 19.5 Å². The predicted molar refractivity (Wildman–Crippen MR) is 81.8 cm³/mol. The van der Waals surface area contributed by atoms with Crippen LogP contribution in [0.5, 0.6) is 0 Å². The summed E-state index contributed by atoms with van der Waals surface area (Å²) in [6, 6.07) is 0.00297. The highest BCUT2D eigenvalue weighted by molar-refractivity contribution is 7.88. The van der Waals surface area contributed by atoms with E-state index in [9.17, 15) is 8.42 Å². The van der Waals surface area contributed by atoms with Gasteiger partial charge in [-0.25, -0.2) is 12.7 Å². The molecule has 0 bridgehead atoms. The molecule has 1 aliphatic heterocycles. The van der Waals surface area contributed by atoms with Crippen molar-refractivity contribution < 1.29 is 8.42 Å². The molecule has 0 amide bonds. The molecule has 0 spiro atoms. The van der Waals surface area contributed by atoms with Gasteiger partial charge in [-0.15, -0.1) is 0 Å². The van der Waals surface area contributed by atoms with Gasteiger partial charge < -0.3 is 0 Å². The second-order valence-electron chi connectivity index (χ2n) is 5.93. The molecule has 2 rings (SSSR count). The minimum atomic E-state index is -3.10. The average Bonchev–Trinajstić information content (AvgIpc) is 2.74. The van der Waals surface area contributed by atoms with Crippen molar-refractivity contribution in [2.75, 3.05) is 19.3 Å². The summed E-state index contributed by atoms with van der Waals surface area (Å²) in [6.07, 6.45) is 6.00. The number of piperidine rings is 1. The summed E-state index contributed by atoms with van der Waals surface area (Å²) in [6.45, 7) is 3.17. The summed E-state index contributed by atoms with van der Waals surface area (Å²) in [5, 5.41) is 4.34. The first-order valence-electron chi connectivity index (χ1n) is 7.22. The van der Waals surface area contributed by atoms with Crippen molar-refractivity contribution in [1.29, 1.82) is 0 Å². The smallest absolute Gasteiger partial charge is 0.211 e. The van der Waals surface area contributed by atoms with Crippen LogP contribution in [0.2, 0.25) is 0 Å². The number of nitrogens with two attached hydrogens (primary N) is 1. The molecule has 8 heteroatoms. The van der Waals surface area contributed by atoms with E-state index in [1.807, 2.05) is 20.2 Å². The molecule has 0 saturated carbocycles. The van der Waals surface area contributed by atoms with Crippen LogP contribution in [0.4, 0.5) is 0 Å². The summed E-state index contributed by atoms with van der Waals surface area (Å²) in [4.78, 5) is 0. The van der Waals surface area contributed by atoms with Crippen molar-refractivity contribution in [2.24, 2.45) is 18.8 Å². The Kier molecular flexibility index (Phi) is 5.03. The lowest BCUT2D eigenvalue weighted by Crippen LogP contribution is -2.41. The zero-order valence-electron chi connectivity index (χ0n) is 12.9. The van der Waals surface area contributed by atoms with Crippen LogP contribution >= 0.6 is 0 Å². The first-order valence-corrected chi connectivity index (χ1v) is 9.07. The predicted octanol–water partition coefficient (Wildman–Crippen LogP) is 0.295. The van der Waals surface area contributed by atoms with E-state index in [0.29, 0.717) is 19.0 Å². The van der Waals surface area contributed by atoms with Crippen molar-refractivity contribution in [3.63, 3.8) is 0 Å². The van der Waals surface area contributed by atoms with Crippen molar-refractivity contribution in [3.8, 4) is 0 Å². The van der Waals surface area contributed by atoms with Gasteiger partial charge in [0.1, 0.15) is 0 Å². The largest absolute Gasteiger partial charge is 0.275 e. The van der Waals surface area contributed by atoms with Crippen LogP contribution in [0.25, 0.3) is 0 Å². The lowest BCUT2D eigenvalue weighted by Gasteiger charge is -2.32. The van der Waals surface area contributed by atoms with Crippen LogP contribution in [-0.2, 0) is 17.1 Å². The molecule has 2 heterocycles. The monoisotopic (exact) mass is 315 g/mol. The molecular formula is C13H25N5O2S. The number of aryl methyl sites for hydroxylation is 2. The summed E-state index contributed by atoms with van der Waals surface area (Å²) < 4.78 is 26.7. The molecule has 120 valence electrons. The highest BCUT2D eigenvalue weighted by atomic mass is 32.2. The molecule has 21 heavy (non-hydrogen) atoms. The third-order valence-electron chi connectivity index (χ3n) is 4.15. The fourth-order valence-corrected chi connectivity index (χ4v) is 4.04. The molecule has 1 saturated heterocycles. The number of hydrogen-bond acceptors (Lipinski definition) is 5. The molecule has 3 N–H and O–H groups in total. The minimum Gasteiger partial charge on any atom is -0.275 e. The average molecular weight is 315 g/mol. The zero-order valence-corrected chi connectivity index (χ0v) is 13.7. The first-order chi connectivity index (χ1) is 9.81. The highest BCUT2D eigenvalue weighted by Crippen LogP contribution is 2.29. The molecule has 2 atom stereocenters. The van der Waals surface area contributed by atoms with Crippen LogP contribution in [0.3, 0.4) is 0 Å². The Labute approximate surface area is 126 Å². The van der Waals surface area contributed by atoms with E-state index in [4.69, 9.17) is 5.84 Å². The molecule has 0 aromatic carbocycles. The number of nitrogens with one attached hydrogen (secondary N) is 1. The van der Waals surface area contributed by atoms with Gasteiger partial charge in [-0.05, 0) is 32.1 Å². The van der Waals surface area contributed by atoms with Crippen LogP contribution < -0.4 is 11.3 Å². The van der Waals surface area contributed by atoms with Gasteiger partial charge in [0, 0.05) is 37.9 Å². The Morgan fingerprint density at radius 1 is 1.57 bits per heavy atom. The van der Waals surface area contributed by atoms with E-state index in [2.05, 4.69) is 10.5 Å². The topological polar surface area (TPSA) is 93.2 Å². The van der Waals surface area contributed by atoms with E-state index in [1.165, 1.54) is 6.26 Å². The Balaban J connectivity index is 2.07. The fraction of sp³-hybridized carbons (Fsp3) is 0.769. The molecular weight excluding hydrogens is 290 g/mol. The third kappa shape index (κ3) is 4.03.